The predicted molar refractivity (Wildman–Crippen MR) is 49.6 cm³/mol. The van der Waals surface area contributed by atoms with Crippen molar-refractivity contribution in [3.05, 3.63) is 22.2 Å². The van der Waals surface area contributed by atoms with E-state index in [2.05, 4.69) is 9.97 Å². The lowest BCUT2D eigenvalue weighted by atomic mass is 10.1. The fourth-order valence-electron chi connectivity index (χ4n) is 0.953. The van der Waals surface area contributed by atoms with Gasteiger partial charge in [-0.15, -0.1) is 0 Å². The molecule has 1 heterocycles. The number of hydrogen-bond acceptors (Lipinski definition) is 3. The van der Waals surface area contributed by atoms with Crippen molar-refractivity contribution >= 4 is 23.2 Å². The lowest BCUT2D eigenvalue weighted by molar-refractivity contribution is -0.0111. The van der Waals surface area contributed by atoms with Crippen molar-refractivity contribution < 1.29 is 8.78 Å². The number of rotatable bonds is 3. The molecule has 0 unspecified atom stereocenters. The van der Waals surface area contributed by atoms with Gasteiger partial charge in [-0.2, -0.15) is 0 Å². The van der Waals surface area contributed by atoms with Gasteiger partial charge in [-0.25, -0.2) is 18.7 Å². The van der Waals surface area contributed by atoms with Gasteiger partial charge in [-0.1, -0.05) is 23.2 Å². The van der Waals surface area contributed by atoms with E-state index in [0.717, 1.165) is 6.33 Å². The van der Waals surface area contributed by atoms with Crippen LogP contribution in [-0.4, -0.2) is 16.5 Å². The van der Waals surface area contributed by atoms with Crippen molar-refractivity contribution in [2.45, 2.75) is 12.3 Å². The number of aromatic nitrogens is 2. The molecule has 0 fully saturated rings. The summed E-state index contributed by atoms with van der Waals surface area (Å²) in [4.78, 5) is 6.88. The second-order valence-electron chi connectivity index (χ2n) is 2.57. The van der Waals surface area contributed by atoms with Crippen LogP contribution in [-0.2, 0) is 5.92 Å². The molecule has 0 aliphatic heterocycles. The Labute approximate surface area is 89.2 Å². The Hall–Kier alpha value is -0.520. The van der Waals surface area contributed by atoms with E-state index in [1.54, 1.807) is 0 Å². The number of alkyl halides is 2. The highest BCUT2D eigenvalue weighted by molar-refractivity contribution is 6.34. The zero-order chi connectivity index (χ0) is 10.8. The number of nitrogens with two attached hydrogens (primary N) is 1. The Bertz CT molecular complexity index is 312. The summed E-state index contributed by atoms with van der Waals surface area (Å²) < 4.78 is 26.7. The molecule has 0 spiro atoms. The smallest absolute Gasteiger partial charge is 0.280 e. The van der Waals surface area contributed by atoms with Crippen molar-refractivity contribution in [1.29, 1.82) is 0 Å². The Morgan fingerprint density at radius 1 is 1.29 bits per heavy atom. The molecule has 0 radical (unpaired) electrons. The number of halogens is 4. The zero-order valence-electron chi connectivity index (χ0n) is 6.98. The van der Waals surface area contributed by atoms with Crippen molar-refractivity contribution in [3.63, 3.8) is 0 Å². The van der Waals surface area contributed by atoms with Gasteiger partial charge in [0.2, 0.25) is 0 Å². The Balaban J connectivity index is 3.17. The third kappa shape index (κ3) is 2.29. The summed E-state index contributed by atoms with van der Waals surface area (Å²) in [6.07, 6.45) is 0.479. The molecule has 0 atom stereocenters. The molecule has 0 aliphatic carbocycles. The first-order valence-corrected chi connectivity index (χ1v) is 4.49. The van der Waals surface area contributed by atoms with E-state index in [-0.39, 0.29) is 16.9 Å². The quantitative estimate of drug-likeness (QED) is 0.826. The molecule has 0 saturated carbocycles. The summed E-state index contributed by atoms with van der Waals surface area (Å²) in [5.41, 5.74) is 4.48. The summed E-state index contributed by atoms with van der Waals surface area (Å²) in [6.45, 7) is -0.172. The molecule has 1 aromatic heterocycles. The predicted octanol–water partition coefficient (Wildman–Crippen LogP) is 2.22. The molecule has 0 amide bonds. The van der Waals surface area contributed by atoms with Gasteiger partial charge in [0, 0.05) is 6.42 Å². The van der Waals surface area contributed by atoms with Crippen LogP contribution in [0.3, 0.4) is 0 Å². The van der Waals surface area contributed by atoms with Gasteiger partial charge < -0.3 is 5.73 Å². The fourth-order valence-corrected chi connectivity index (χ4v) is 1.54. The molecule has 3 nitrogen and oxygen atoms in total. The normalized spacial score (nSPS) is 11.8. The van der Waals surface area contributed by atoms with Crippen LogP contribution in [0.1, 0.15) is 12.0 Å². The minimum absolute atomic E-state index is 0.172. The summed E-state index contributed by atoms with van der Waals surface area (Å²) in [5.74, 6) is -3.19. The molecule has 14 heavy (non-hydrogen) atoms. The second kappa shape index (κ2) is 4.33. The first-order chi connectivity index (χ1) is 6.49. The van der Waals surface area contributed by atoms with E-state index >= 15 is 0 Å². The molecule has 7 heteroatoms. The molecule has 0 bridgehead atoms. The van der Waals surface area contributed by atoms with Gasteiger partial charge in [0.15, 0.2) is 0 Å². The van der Waals surface area contributed by atoms with Crippen molar-refractivity contribution in [2.75, 3.05) is 6.54 Å². The highest BCUT2D eigenvalue weighted by Crippen LogP contribution is 2.38. The molecule has 2 N–H and O–H groups in total. The highest BCUT2D eigenvalue weighted by Gasteiger charge is 2.36. The molecular weight excluding hydrogens is 235 g/mol. The van der Waals surface area contributed by atoms with Gasteiger partial charge in [-0.3, -0.25) is 0 Å². The van der Waals surface area contributed by atoms with Crippen LogP contribution < -0.4 is 5.73 Å². The summed E-state index contributed by atoms with van der Waals surface area (Å²) in [7, 11) is 0. The monoisotopic (exact) mass is 241 g/mol. The molecule has 78 valence electrons. The molecular formula is C7H7Cl2F2N3. The highest BCUT2D eigenvalue weighted by atomic mass is 35.5. The average Bonchev–Trinajstić information content (AvgIpc) is 2.02. The van der Waals surface area contributed by atoms with Crippen LogP contribution in [0.15, 0.2) is 6.33 Å². The SMILES string of the molecule is NCCC(F)(F)c1c(Cl)ncnc1Cl. The largest absolute Gasteiger partial charge is 0.330 e. The lowest BCUT2D eigenvalue weighted by Crippen LogP contribution is -2.20. The molecule has 1 aromatic rings. The van der Waals surface area contributed by atoms with Crippen LogP contribution in [0.25, 0.3) is 0 Å². The van der Waals surface area contributed by atoms with Crippen molar-refractivity contribution in [3.8, 4) is 0 Å². The summed E-state index contributed by atoms with van der Waals surface area (Å²) >= 11 is 11.0. The summed E-state index contributed by atoms with van der Waals surface area (Å²) in [6, 6.07) is 0. The van der Waals surface area contributed by atoms with E-state index in [4.69, 9.17) is 28.9 Å². The zero-order valence-corrected chi connectivity index (χ0v) is 8.49. The molecule has 0 aromatic carbocycles. The first-order valence-electron chi connectivity index (χ1n) is 3.73. The Kier molecular flexibility index (Phi) is 3.58. The molecule has 1 rings (SSSR count). The maximum absolute atomic E-state index is 13.3. The Morgan fingerprint density at radius 2 is 1.79 bits per heavy atom. The van der Waals surface area contributed by atoms with Gasteiger partial charge >= 0.3 is 0 Å². The maximum Gasteiger partial charge on any atom is 0.280 e. The second-order valence-corrected chi connectivity index (χ2v) is 3.29. The van der Waals surface area contributed by atoms with E-state index in [1.165, 1.54) is 0 Å². The minimum atomic E-state index is -3.19. The third-order valence-electron chi connectivity index (χ3n) is 1.58. The lowest BCUT2D eigenvalue weighted by Gasteiger charge is -2.16. The van der Waals surface area contributed by atoms with Gasteiger partial charge in [0.05, 0.1) is 5.56 Å². The third-order valence-corrected chi connectivity index (χ3v) is 2.15. The minimum Gasteiger partial charge on any atom is -0.330 e. The van der Waals surface area contributed by atoms with E-state index in [9.17, 15) is 8.78 Å². The van der Waals surface area contributed by atoms with Gasteiger partial charge in [-0.05, 0) is 6.54 Å². The topological polar surface area (TPSA) is 51.8 Å². The van der Waals surface area contributed by atoms with E-state index in [0.29, 0.717) is 0 Å². The first kappa shape index (κ1) is 11.6. The van der Waals surface area contributed by atoms with Gasteiger partial charge in [0.25, 0.3) is 5.92 Å². The average molecular weight is 242 g/mol. The Morgan fingerprint density at radius 3 is 2.21 bits per heavy atom. The van der Waals surface area contributed by atoms with Crippen LogP contribution in [0.5, 0.6) is 0 Å². The van der Waals surface area contributed by atoms with Crippen LogP contribution in [0.4, 0.5) is 8.78 Å². The number of nitrogens with zero attached hydrogens (tertiary/aromatic N) is 2. The van der Waals surface area contributed by atoms with Crippen molar-refractivity contribution in [1.82, 2.24) is 9.97 Å². The van der Waals surface area contributed by atoms with E-state index < -0.39 is 17.9 Å². The molecule has 0 aliphatic rings. The van der Waals surface area contributed by atoms with Crippen LogP contribution in [0, 0.1) is 0 Å². The van der Waals surface area contributed by atoms with Crippen molar-refractivity contribution in [2.24, 2.45) is 5.73 Å². The van der Waals surface area contributed by atoms with Crippen LogP contribution in [0.2, 0.25) is 10.3 Å². The van der Waals surface area contributed by atoms with E-state index in [1.807, 2.05) is 0 Å². The number of hydrogen-bond donors (Lipinski definition) is 1. The standard InChI is InChI=1S/C7H7Cl2F2N3/c8-5-4(6(9)14-3-13-5)7(10,11)1-2-12/h3H,1-2,12H2. The maximum atomic E-state index is 13.3. The summed E-state index contributed by atoms with van der Waals surface area (Å²) in [5, 5.41) is -0.688. The molecule has 0 saturated heterocycles. The van der Waals surface area contributed by atoms with Crippen LogP contribution >= 0.6 is 23.2 Å². The fraction of sp³-hybridized carbons (Fsp3) is 0.429. The van der Waals surface area contributed by atoms with Gasteiger partial charge in [0.1, 0.15) is 16.6 Å².